The molecule has 6 heteroatoms. The molecule has 0 saturated carbocycles. The van der Waals surface area contributed by atoms with Crippen LogP contribution in [0.15, 0.2) is 42.7 Å². The number of benzene rings is 1. The molecule has 1 aliphatic heterocycles. The number of fused-ring (bicyclic) bond motifs is 1. The highest BCUT2D eigenvalue weighted by Gasteiger charge is 2.12. The lowest BCUT2D eigenvalue weighted by molar-refractivity contribution is 0.281. The molecular formula is C17H20N6. The maximum absolute atomic E-state index is 4.40. The third-order valence-electron chi connectivity index (χ3n) is 4.23. The average molecular weight is 308 g/mol. The lowest BCUT2D eigenvalue weighted by atomic mass is 10.2. The van der Waals surface area contributed by atoms with Gasteiger partial charge in [-0.05, 0) is 43.8 Å². The summed E-state index contributed by atoms with van der Waals surface area (Å²) in [4.78, 5) is 6.83. The van der Waals surface area contributed by atoms with Crippen LogP contribution in [0.2, 0.25) is 0 Å². The Morgan fingerprint density at radius 2 is 2.09 bits per heavy atom. The maximum atomic E-state index is 4.40. The highest BCUT2D eigenvalue weighted by atomic mass is 15.4. The molecule has 1 aliphatic rings. The van der Waals surface area contributed by atoms with Crippen molar-refractivity contribution in [2.24, 2.45) is 0 Å². The Kier molecular flexibility index (Phi) is 4.00. The van der Waals surface area contributed by atoms with Crippen LogP contribution in [0.25, 0.3) is 16.6 Å². The molecule has 0 spiro atoms. The quantitative estimate of drug-likeness (QED) is 0.796. The van der Waals surface area contributed by atoms with Crippen LogP contribution in [-0.2, 0) is 6.54 Å². The first-order valence-electron chi connectivity index (χ1n) is 8.08. The number of hydrogen-bond donors (Lipinski definition) is 1. The first-order chi connectivity index (χ1) is 11.4. The zero-order valence-corrected chi connectivity index (χ0v) is 13.0. The van der Waals surface area contributed by atoms with E-state index in [1.807, 2.05) is 35.3 Å². The predicted octanol–water partition coefficient (Wildman–Crippen LogP) is 1.61. The van der Waals surface area contributed by atoms with Gasteiger partial charge in [-0.2, -0.15) is 0 Å². The van der Waals surface area contributed by atoms with Gasteiger partial charge in [-0.15, -0.1) is 5.10 Å². The van der Waals surface area contributed by atoms with Crippen LogP contribution in [0.1, 0.15) is 12.1 Å². The molecule has 0 unspecified atom stereocenters. The Morgan fingerprint density at radius 3 is 3.09 bits per heavy atom. The Morgan fingerprint density at radius 1 is 1.09 bits per heavy atom. The van der Waals surface area contributed by atoms with Crippen molar-refractivity contribution in [1.29, 1.82) is 0 Å². The third-order valence-corrected chi connectivity index (χ3v) is 4.23. The van der Waals surface area contributed by atoms with Crippen molar-refractivity contribution in [2.75, 3.05) is 26.2 Å². The molecule has 3 aromatic rings. The van der Waals surface area contributed by atoms with E-state index >= 15 is 0 Å². The molecule has 118 valence electrons. The van der Waals surface area contributed by atoms with E-state index in [1.54, 1.807) is 0 Å². The van der Waals surface area contributed by atoms with Gasteiger partial charge < -0.3 is 5.32 Å². The number of aromatic nitrogens is 4. The van der Waals surface area contributed by atoms with Gasteiger partial charge in [-0.25, -0.2) is 4.68 Å². The number of rotatable bonds is 3. The molecule has 2 aromatic heterocycles. The van der Waals surface area contributed by atoms with Crippen LogP contribution in [0.5, 0.6) is 0 Å². The fraction of sp³-hybridized carbons (Fsp3) is 0.353. The lowest BCUT2D eigenvalue weighted by Crippen LogP contribution is -2.27. The summed E-state index contributed by atoms with van der Waals surface area (Å²) in [5, 5.41) is 13.2. The summed E-state index contributed by atoms with van der Waals surface area (Å²) >= 11 is 0. The highest BCUT2D eigenvalue weighted by Crippen LogP contribution is 2.20. The topological polar surface area (TPSA) is 58.9 Å². The predicted molar refractivity (Wildman–Crippen MR) is 89.4 cm³/mol. The average Bonchev–Trinajstić information content (AvgIpc) is 2.90. The Balaban J connectivity index is 1.59. The maximum Gasteiger partial charge on any atom is 0.0971 e. The van der Waals surface area contributed by atoms with Crippen molar-refractivity contribution < 1.29 is 0 Å². The fourth-order valence-corrected chi connectivity index (χ4v) is 3.06. The van der Waals surface area contributed by atoms with Crippen molar-refractivity contribution in [2.45, 2.75) is 13.0 Å². The van der Waals surface area contributed by atoms with Gasteiger partial charge in [-0.1, -0.05) is 11.3 Å². The number of pyridine rings is 1. The number of nitrogens with zero attached hydrogens (tertiary/aromatic N) is 5. The SMILES string of the molecule is c1cc(-n2cc(CN3CCCNCC3)nn2)c2cccnc2c1. The molecule has 0 bridgehead atoms. The fourth-order valence-electron chi connectivity index (χ4n) is 3.06. The van der Waals surface area contributed by atoms with E-state index in [-0.39, 0.29) is 0 Å². The molecule has 0 radical (unpaired) electrons. The number of hydrogen-bond acceptors (Lipinski definition) is 5. The molecule has 6 nitrogen and oxygen atoms in total. The van der Waals surface area contributed by atoms with Crippen LogP contribution in [-0.4, -0.2) is 51.1 Å². The second kappa shape index (κ2) is 6.44. The minimum absolute atomic E-state index is 0.852. The minimum atomic E-state index is 0.852. The first kappa shape index (κ1) is 14.3. The van der Waals surface area contributed by atoms with Gasteiger partial charge in [0.25, 0.3) is 0 Å². The van der Waals surface area contributed by atoms with Crippen molar-refractivity contribution in [1.82, 2.24) is 30.2 Å². The van der Waals surface area contributed by atoms with Crippen molar-refractivity contribution >= 4 is 10.9 Å². The van der Waals surface area contributed by atoms with Crippen molar-refractivity contribution in [3.63, 3.8) is 0 Å². The summed E-state index contributed by atoms with van der Waals surface area (Å²) in [6.45, 7) is 5.17. The van der Waals surface area contributed by atoms with E-state index in [2.05, 4.69) is 37.6 Å². The molecule has 3 heterocycles. The Labute approximate surface area is 135 Å². The normalized spacial score (nSPS) is 16.5. The van der Waals surface area contributed by atoms with E-state index in [0.29, 0.717) is 0 Å². The summed E-state index contributed by atoms with van der Waals surface area (Å²) in [6, 6.07) is 10.1. The zero-order chi connectivity index (χ0) is 15.5. The van der Waals surface area contributed by atoms with Gasteiger partial charge in [0.1, 0.15) is 0 Å². The Hall–Kier alpha value is -2.31. The van der Waals surface area contributed by atoms with Gasteiger partial charge in [-0.3, -0.25) is 9.88 Å². The molecule has 1 aromatic carbocycles. The van der Waals surface area contributed by atoms with Gasteiger partial charge >= 0.3 is 0 Å². The molecule has 1 saturated heterocycles. The molecule has 1 N–H and O–H groups in total. The minimum Gasteiger partial charge on any atom is -0.315 e. The van der Waals surface area contributed by atoms with E-state index in [0.717, 1.165) is 55.0 Å². The molecule has 1 fully saturated rings. The third kappa shape index (κ3) is 3.09. The smallest absolute Gasteiger partial charge is 0.0971 e. The van der Waals surface area contributed by atoms with Crippen LogP contribution in [0.4, 0.5) is 0 Å². The Bertz CT molecular complexity index is 783. The van der Waals surface area contributed by atoms with E-state index in [1.165, 1.54) is 6.42 Å². The standard InChI is InChI=1S/C17H20N6/c1-5-16-15(4-2-8-19-16)17(6-1)23-13-14(20-21-23)12-22-10-3-7-18-9-11-22/h1-2,4-6,8,13,18H,3,7,9-12H2. The van der Waals surface area contributed by atoms with Crippen LogP contribution >= 0.6 is 0 Å². The second-order valence-electron chi connectivity index (χ2n) is 5.88. The largest absolute Gasteiger partial charge is 0.315 e. The number of nitrogens with one attached hydrogen (secondary N) is 1. The van der Waals surface area contributed by atoms with Crippen LogP contribution < -0.4 is 5.32 Å². The zero-order valence-electron chi connectivity index (χ0n) is 13.0. The molecule has 23 heavy (non-hydrogen) atoms. The molecule has 0 atom stereocenters. The van der Waals surface area contributed by atoms with Crippen molar-refractivity contribution in [3.05, 3.63) is 48.4 Å². The van der Waals surface area contributed by atoms with Gasteiger partial charge in [0.15, 0.2) is 0 Å². The molecule has 0 amide bonds. The summed E-state index contributed by atoms with van der Waals surface area (Å²) in [5.41, 5.74) is 3.00. The van der Waals surface area contributed by atoms with Gasteiger partial charge in [0, 0.05) is 31.2 Å². The second-order valence-corrected chi connectivity index (χ2v) is 5.88. The first-order valence-corrected chi connectivity index (χ1v) is 8.08. The van der Waals surface area contributed by atoms with E-state index in [9.17, 15) is 0 Å². The van der Waals surface area contributed by atoms with Gasteiger partial charge in [0.2, 0.25) is 0 Å². The summed E-state index contributed by atoms with van der Waals surface area (Å²) < 4.78 is 1.86. The highest BCUT2D eigenvalue weighted by molar-refractivity contribution is 5.86. The lowest BCUT2D eigenvalue weighted by Gasteiger charge is -2.17. The van der Waals surface area contributed by atoms with Crippen molar-refractivity contribution in [3.8, 4) is 5.69 Å². The summed E-state index contributed by atoms with van der Waals surface area (Å²) in [6.07, 6.45) is 5.02. The molecular weight excluding hydrogens is 288 g/mol. The summed E-state index contributed by atoms with van der Waals surface area (Å²) in [7, 11) is 0. The molecule has 4 rings (SSSR count). The molecule has 0 aliphatic carbocycles. The van der Waals surface area contributed by atoms with Crippen LogP contribution in [0.3, 0.4) is 0 Å². The van der Waals surface area contributed by atoms with E-state index < -0.39 is 0 Å². The van der Waals surface area contributed by atoms with Gasteiger partial charge in [0.05, 0.1) is 23.1 Å². The summed E-state index contributed by atoms with van der Waals surface area (Å²) in [5.74, 6) is 0. The van der Waals surface area contributed by atoms with Crippen LogP contribution in [0, 0.1) is 0 Å². The van der Waals surface area contributed by atoms with E-state index in [4.69, 9.17) is 0 Å². The monoisotopic (exact) mass is 308 g/mol.